The van der Waals surface area contributed by atoms with Gasteiger partial charge >= 0.3 is 0 Å². The summed E-state index contributed by atoms with van der Waals surface area (Å²) in [5.41, 5.74) is 5.89. The van der Waals surface area contributed by atoms with Gasteiger partial charge in [-0.3, -0.25) is 10.1 Å². The Morgan fingerprint density at radius 2 is 1.82 bits per heavy atom. The number of nitrogens with one attached hydrogen (secondary N) is 2. The van der Waals surface area contributed by atoms with E-state index in [1.165, 1.54) is 0 Å². The van der Waals surface area contributed by atoms with Crippen LogP contribution in [0, 0.1) is 0 Å². The number of methoxy groups -OCH3 is 1. The van der Waals surface area contributed by atoms with Crippen molar-refractivity contribution >= 4 is 43.8 Å². The van der Waals surface area contributed by atoms with Crippen molar-refractivity contribution in [2.24, 2.45) is 0 Å². The van der Waals surface area contributed by atoms with Crippen molar-refractivity contribution in [2.45, 2.75) is 76.2 Å². The van der Waals surface area contributed by atoms with Crippen LogP contribution in [-0.2, 0) is 28.3 Å². The summed E-state index contributed by atoms with van der Waals surface area (Å²) in [4.78, 5) is 13.7. The van der Waals surface area contributed by atoms with Crippen LogP contribution in [0.1, 0.15) is 67.5 Å². The lowest BCUT2D eigenvalue weighted by atomic mass is 9.89. The van der Waals surface area contributed by atoms with Crippen molar-refractivity contribution in [3.05, 3.63) is 82.9 Å². The Morgan fingerprint density at radius 1 is 1.00 bits per heavy atom. The van der Waals surface area contributed by atoms with Crippen molar-refractivity contribution in [2.75, 3.05) is 31.8 Å². The molecule has 0 saturated heterocycles. The van der Waals surface area contributed by atoms with Crippen LogP contribution in [0.2, 0.25) is 0 Å². The highest BCUT2D eigenvalue weighted by atomic mass is 33.1. The van der Waals surface area contributed by atoms with Gasteiger partial charge in [-0.2, -0.15) is 0 Å². The molecule has 50 heavy (non-hydrogen) atoms. The van der Waals surface area contributed by atoms with Gasteiger partial charge in [-0.1, -0.05) is 58.3 Å². The minimum atomic E-state index is -0.526. The first kappa shape index (κ1) is 37.8. The number of aliphatic hydroxyl groups excluding tert-OH is 2. The number of ketones is 1. The number of rotatable bonds is 9. The molecule has 3 unspecified atom stereocenters. The van der Waals surface area contributed by atoms with Crippen LogP contribution in [0.15, 0.2) is 60.7 Å². The highest BCUT2D eigenvalue weighted by Gasteiger charge is 2.24. The third kappa shape index (κ3) is 9.45. The number of Topliss-reactive ketones (excluding diaryl/α,β-unsaturated/α-hetero) is 1. The zero-order valence-corrected chi connectivity index (χ0v) is 30.5. The van der Waals surface area contributed by atoms with Crippen LogP contribution in [0.25, 0.3) is 21.9 Å². The topological polar surface area (TPSA) is 141 Å². The number of anilines is 1. The lowest BCUT2D eigenvalue weighted by Gasteiger charge is -2.26. The van der Waals surface area contributed by atoms with Gasteiger partial charge in [-0.05, 0) is 96.6 Å². The number of carbonyl (C=O) groups excluding carboxylic acids is 1. The SMILES string of the molecule is CNC(OC1CCCCSSCc2c(ccc3ccc(O)cc23)-c2c(ccc(O)c2OC)CCC(=O)C1)c1ccc(NCC(C)O)c(CO)c1. The molecule has 9 nitrogen and oxygen atoms in total. The van der Waals surface area contributed by atoms with E-state index >= 15 is 0 Å². The second-order valence-electron chi connectivity index (χ2n) is 12.7. The van der Waals surface area contributed by atoms with Crippen LogP contribution in [0.3, 0.4) is 0 Å². The first-order chi connectivity index (χ1) is 24.2. The molecule has 1 aliphatic heterocycles. The van der Waals surface area contributed by atoms with E-state index in [1.807, 2.05) is 49.5 Å². The fraction of sp³-hybridized carbons (Fsp3) is 0.410. The number of fused-ring (bicyclic) bond motifs is 5. The Morgan fingerprint density at radius 3 is 2.58 bits per heavy atom. The molecule has 1 aliphatic rings. The number of aromatic hydroxyl groups is 2. The number of carbonyl (C=O) groups is 1. The molecule has 0 spiro atoms. The average Bonchev–Trinajstić information content (AvgIpc) is 3.11. The first-order valence-electron chi connectivity index (χ1n) is 17.1. The standard InChI is InChI=1S/C39H48N2O7S2/c1-24(43)21-41-35-15-10-27(18-28(35)22-42)39(40-2)48-31-6-4-5-17-49-50-23-34-32(14-9-25-7-12-30(45)20-33(25)34)37-26(8-13-29(44)19-31)11-16-36(46)38(37)47-3/h7,9-12,14-16,18,20,24,31,39-43,45-46H,4-6,8,13,17,19,21-23H2,1-3H3. The second-order valence-corrected chi connectivity index (χ2v) is 15.3. The Bertz CT molecular complexity index is 1770. The number of phenols is 2. The summed E-state index contributed by atoms with van der Waals surface area (Å²) >= 11 is 0. The van der Waals surface area contributed by atoms with Crippen LogP contribution in [0.5, 0.6) is 17.2 Å². The predicted molar refractivity (Wildman–Crippen MR) is 204 cm³/mol. The van der Waals surface area contributed by atoms with E-state index in [4.69, 9.17) is 9.47 Å². The molecule has 1 heterocycles. The third-order valence-corrected chi connectivity index (χ3v) is 11.4. The maximum atomic E-state index is 13.7. The summed E-state index contributed by atoms with van der Waals surface area (Å²) in [5.74, 6) is 2.26. The number of ether oxygens (including phenoxy) is 2. The molecule has 5 rings (SSSR count). The molecule has 0 fully saturated rings. The normalized spacial score (nSPS) is 17.5. The molecule has 0 amide bonds. The summed E-state index contributed by atoms with van der Waals surface area (Å²) < 4.78 is 12.4. The lowest BCUT2D eigenvalue weighted by molar-refractivity contribution is -0.124. The zero-order chi connectivity index (χ0) is 35.6. The largest absolute Gasteiger partial charge is 0.508 e. The Hall–Kier alpha value is -3.45. The van der Waals surface area contributed by atoms with Crippen molar-refractivity contribution < 1.29 is 34.7 Å². The molecule has 6 N–H and O–H groups in total. The highest BCUT2D eigenvalue weighted by Crippen LogP contribution is 2.45. The number of aliphatic hydroxyl groups is 2. The van der Waals surface area contributed by atoms with Crippen molar-refractivity contribution in [3.8, 4) is 28.4 Å². The van der Waals surface area contributed by atoms with Gasteiger partial charge in [0, 0.05) is 47.7 Å². The molecular formula is C39H48N2O7S2. The van der Waals surface area contributed by atoms with Gasteiger partial charge in [0.05, 0.1) is 25.9 Å². The Kier molecular flexibility index (Phi) is 13.7. The molecule has 0 saturated carbocycles. The van der Waals surface area contributed by atoms with Gasteiger partial charge in [0.2, 0.25) is 0 Å². The van der Waals surface area contributed by atoms with Gasteiger partial charge in [-0.15, -0.1) is 0 Å². The maximum absolute atomic E-state index is 13.7. The fourth-order valence-electron chi connectivity index (χ4n) is 6.47. The molecule has 4 aromatic rings. The highest BCUT2D eigenvalue weighted by molar-refractivity contribution is 8.76. The summed E-state index contributed by atoms with van der Waals surface area (Å²) in [6.45, 7) is 1.90. The monoisotopic (exact) mass is 720 g/mol. The molecule has 4 aromatic carbocycles. The number of benzene rings is 4. The molecule has 268 valence electrons. The number of hydrogen-bond donors (Lipinski definition) is 6. The van der Waals surface area contributed by atoms with Gasteiger partial charge < -0.3 is 35.2 Å². The lowest BCUT2D eigenvalue weighted by Crippen LogP contribution is -2.28. The van der Waals surface area contributed by atoms with Gasteiger partial charge in [0.1, 0.15) is 17.8 Å². The van der Waals surface area contributed by atoms with E-state index in [-0.39, 0.29) is 42.8 Å². The van der Waals surface area contributed by atoms with Crippen LogP contribution in [0.4, 0.5) is 5.69 Å². The van der Waals surface area contributed by atoms with E-state index < -0.39 is 12.3 Å². The van der Waals surface area contributed by atoms with Crippen LogP contribution < -0.4 is 15.4 Å². The summed E-state index contributed by atoms with van der Waals surface area (Å²) in [7, 11) is 6.92. The maximum Gasteiger partial charge on any atom is 0.168 e. The van der Waals surface area contributed by atoms with E-state index in [9.17, 15) is 25.2 Å². The predicted octanol–water partition coefficient (Wildman–Crippen LogP) is 7.47. The van der Waals surface area contributed by atoms with Crippen molar-refractivity contribution in [3.63, 3.8) is 0 Å². The van der Waals surface area contributed by atoms with Gasteiger partial charge in [0.25, 0.3) is 0 Å². The molecular weight excluding hydrogens is 673 g/mol. The molecule has 11 heteroatoms. The van der Waals surface area contributed by atoms with Gasteiger partial charge in [-0.25, -0.2) is 0 Å². The fourth-order valence-corrected chi connectivity index (χ4v) is 8.73. The van der Waals surface area contributed by atoms with Crippen LogP contribution in [-0.4, -0.2) is 64.9 Å². The van der Waals surface area contributed by atoms with Crippen molar-refractivity contribution in [1.82, 2.24) is 5.32 Å². The molecule has 0 aliphatic carbocycles. The first-order valence-corrected chi connectivity index (χ1v) is 19.6. The third-order valence-electron chi connectivity index (χ3n) is 9.01. The summed E-state index contributed by atoms with van der Waals surface area (Å²) in [5, 5.41) is 49.4. The number of aryl methyl sites for hydroxylation is 1. The minimum absolute atomic E-state index is 0.0265. The average molecular weight is 721 g/mol. The number of phenolic OH excluding ortho intramolecular Hbond substituents is 2. The molecule has 3 atom stereocenters. The Balaban J connectivity index is 1.42. The smallest absolute Gasteiger partial charge is 0.168 e. The van der Waals surface area contributed by atoms with Crippen LogP contribution >= 0.6 is 21.6 Å². The minimum Gasteiger partial charge on any atom is -0.508 e. The van der Waals surface area contributed by atoms with E-state index in [0.717, 1.165) is 69.3 Å². The zero-order valence-electron chi connectivity index (χ0n) is 28.9. The van der Waals surface area contributed by atoms with E-state index in [0.29, 0.717) is 30.0 Å². The molecule has 0 aromatic heterocycles. The van der Waals surface area contributed by atoms with Crippen molar-refractivity contribution in [1.29, 1.82) is 0 Å². The number of hydrogen-bond acceptors (Lipinski definition) is 11. The summed E-state index contributed by atoms with van der Waals surface area (Å²) in [6, 6.07) is 18.6. The molecule has 0 bridgehead atoms. The van der Waals surface area contributed by atoms with E-state index in [1.54, 1.807) is 53.8 Å². The Labute approximate surface area is 302 Å². The molecule has 0 radical (unpaired) electrons. The van der Waals surface area contributed by atoms with E-state index in [2.05, 4.69) is 10.6 Å². The summed E-state index contributed by atoms with van der Waals surface area (Å²) in [6.07, 6.45) is 2.25. The van der Waals surface area contributed by atoms with Gasteiger partial charge in [0.15, 0.2) is 11.5 Å². The quantitative estimate of drug-likeness (QED) is 0.0758. The second kappa shape index (κ2) is 18.2.